The first-order chi connectivity index (χ1) is 8.63. The van der Waals surface area contributed by atoms with Gasteiger partial charge >= 0.3 is 0 Å². The van der Waals surface area contributed by atoms with Crippen molar-refractivity contribution in [1.29, 1.82) is 5.26 Å². The Kier molecular flexibility index (Phi) is 3.88. The summed E-state index contributed by atoms with van der Waals surface area (Å²) >= 11 is 0. The molecule has 3 nitrogen and oxygen atoms in total. The largest absolute Gasteiger partial charge is 0.368 e. The van der Waals surface area contributed by atoms with Gasteiger partial charge < -0.3 is 4.90 Å². The van der Waals surface area contributed by atoms with Crippen LogP contribution < -0.4 is 4.90 Å². The zero-order chi connectivity index (χ0) is 13.1. The van der Waals surface area contributed by atoms with Gasteiger partial charge in [0.15, 0.2) is 0 Å². The molecule has 0 N–H and O–H groups in total. The fourth-order valence-corrected chi connectivity index (χ4v) is 2.78. The molecule has 1 aromatic rings. The average Bonchev–Trinajstić information content (AvgIpc) is 2.33. The zero-order valence-electron chi connectivity index (χ0n) is 11.5. The van der Waals surface area contributed by atoms with Gasteiger partial charge in [0, 0.05) is 31.4 Å². The van der Waals surface area contributed by atoms with E-state index in [4.69, 9.17) is 5.26 Å². The number of nitrogens with zero attached hydrogens (tertiary/aromatic N) is 3. The van der Waals surface area contributed by atoms with Crippen molar-refractivity contribution in [3.8, 4) is 6.07 Å². The Morgan fingerprint density at radius 1 is 1.28 bits per heavy atom. The normalized spacial score (nSPS) is 20.8. The molecule has 3 heteroatoms. The van der Waals surface area contributed by atoms with Gasteiger partial charge in [0.1, 0.15) is 0 Å². The third-order valence-corrected chi connectivity index (χ3v) is 3.86. The topological polar surface area (TPSA) is 30.3 Å². The van der Waals surface area contributed by atoms with Crippen LogP contribution >= 0.6 is 0 Å². The molecule has 0 aromatic heterocycles. The molecule has 0 saturated carbocycles. The van der Waals surface area contributed by atoms with Crippen molar-refractivity contribution in [2.24, 2.45) is 0 Å². The molecular formula is C15H21N3. The number of anilines is 1. The van der Waals surface area contributed by atoms with Crippen LogP contribution in [0.4, 0.5) is 5.69 Å². The molecule has 1 aromatic carbocycles. The Hall–Kier alpha value is -1.53. The minimum Gasteiger partial charge on any atom is -0.368 e. The summed E-state index contributed by atoms with van der Waals surface area (Å²) in [7, 11) is 2.12. The Balaban J connectivity index is 2.22. The molecule has 0 aliphatic carbocycles. The van der Waals surface area contributed by atoms with E-state index in [-0.39, 0.29) is 0 Å². The molecule has 2 rings (SSSR count). The summed E-state index contributed by atoms with van der Waals surface area (Å²) < 4.78 is 0. The van der Waals surface area contributed by atoms with Crippen molar-refractivity contribution in [1.82, 2.24) is 4.90 Å². The Morgan fingerprint density at radius 3 is 2.56 bits per heavy atom. The summed E-state index contributed by atoms with van der Waals surface area (Å²) in [6, 6.07) is 9.09. The van der Waals surface area contributed by atoms with Crippen LogP contribution in [-0.4, -0.2) is 37.6 Å². The molecule has 1 aliphatic heterocycles. The summed E-state index contributed by atoms with van der Waals surface area (Å²) in [4.78, 5) is 4.74. The van der Waals surface area contributed by atoms with Gasteiger partial charge in [-0.15, -0.1) is 0 Å². The minimum atomic E-state index is 0.350. The number of hydrogen-bond acceptors (Lipinski definition) is 3. The van der Waals surface area contributed by atoms with Crippen molar-refractivity contribution in [2.75, 3.05) is 31.6 Å². The Labute approximate surface area is 110 Å². The molecule has 1 saturated heterocycles. The predicted molar refractivity (Wildman–Crippen MR) is 74.8 cm³/mol. The fourth-order valence-electron chi connectivity index (χ4n) is 2.78. The number of piperazine rings is 1. The number of para-hydroxylation sites is 1. The number of aryl methyl sites for hydroxylation is 2. The molecular weight excluding hydrogens is 222 g/mol. The van der Waals surface area contributed by atoms with Gasteiger partial charge in [-0.3, -0.25) is 4.90 Å². The van der Waals surface area contributed by atoms with Crippen LogP contribution in [0.3, 0.4) is 0 Å². The molecule has 1 heterocycles. The lowest BCUT2D eigenvalue weighted by Gasteiger charge is -2.41. The quantitative estimate of drug-likeness (QED) is 0.798. The van der Waals surface area contributed by atoms with Crippen molar-refractivity contribution >= 4 is 5.69 Å². The Bertz CT molecular complexity index is 441. The summed E-state index contributed by atoms with van der Waals surface area (Å²) in [6.45, 7) is 7.36. The second kappa shape index (κ2) is 5.41. The first-order valence-electron chi connectivity index (χ1n) is 6.52. The average molecular weight is 243 g/mol. The molecule has 96 valence electrons. The van der Waals surface area contributed by atoms with Gasteiger partial charge in [0.2, 0.25) is 0 Å². The first kappa shape index (κ1) is 12.9. The van der Waals surface area contributed by atoms with Gasteiger partial charge in [-0.1, -0.05) is 18.2 Å². The van der Waals surface area contributed by atoms with E-state index in [9.17, 15) is 0 Å². The highest BCUT2D eigenvalue weighted by molar-refractivity contribution is 5.59. The van der Waals surface area contributed by atoms with E-state index in [2.05, 4.69) is 55.0 Å². The highest BCUT2D eigenvalue weighted by Crippen LogP contribution is 2.27. The summed E-state index contributed by atoms with van der Waals surface area (Å²) in [5.41, 5.74) is 4.01. The van der Waals surface area contributed by atoms with E-state index >= 15 is 0 Å². The van der Waals surface area contributed by atoms with Gasteiger partial charge in [-0.25, -0.2) is 0 Å². The number of benzene rings is 1. The second-order valence-corrected chi connectivity index (χ2v) is 5.18. The van der Waals surface area contributed by atoms with Gasteiger partial charge in [-0.2, -0.15) is 5.26 Å². The summed E-state index contributed by atoms with van der Waals surface area (Å²) in [5.74, 6) is 0. The summed E-state index contributed by atoms with van der Waals surface area (Å²) in [5, 5.41) is 8.91. The van der Waals surface area contributed by atoms with E-state index in [0.717, 1.165) is 19.6 Å². The molecule has 0 spiro atoms. The summed E-state index contributed by atoms with van der Waals surface area (Å²) in [6.07, 6.45) is 0.609. The number of rotatable bonds is 2. The smallest absolute Gasteiger partial charge is 0.0638 e. The molecule has 1 atom stereocenters. The molecule has 0 amide bonds. The number of nitriles is 1. The molecule has 1 aliphatic rings. The van der Waals surface area contributed by atoms with Crippen LogP contribution in [0.2, 0.25) is 0 Å². The number of hydrogen-bond donors (Lipinski definition) is 0. The third-order valence-electron chi connectivity index (χ3n) is 3.86. The maximum absolute atomic E-state index is 8.91. The lowest BCUT2D eigenvalue weighted by molar-refractivity contribution is 0.221. The van der Waals surface area contributed by atoms with Gasteiger partial charge in [-0.05, 0) is 32.0 Å². The van der Waals surface area contributed by atoms with E-state index in [1.807, 2.05) is 0 Å². The van der Waals surface area contributed by atoms with Gasteiger partial charge in [0.25, 0.3) is 0 Å². The predicted octanol–water partition coefficient (Wildman–Crippen LogP) is 2.34. The lowest BCUT2D eigenvalue weighted by atomic mass is 10.0. The van der Waals surface area contributed by atoms with Crippen LogP contribution in [0, 0.1) is 25.2 Å². The lowest BCUT2D eigenvalue weighted by Crippen LogP contribution is -2.51. The second-order valence-electron chi connectivity index (χ2n) is 5.18. The van der Waals surface area contributed by atoms with Crippen LogP contribution in [-0.2, 0) is 0 Å². The molecule has 1 fully saturated rings. The number of likely N-dealkylation sites (N-methyl/N-ethyl adjacent to an activating group) is 1. The van der Waals surface area contributed by atoms with Crippen molar-refractivity contribution in [3.05, 3.63) is 29.3 Å². The maximum atomic E-state index is 8.91. The maximum Gasteiger partial charge on any atom is 0.0638 e. The molecule has 0 bridgehead atoms. The molecule has 18 heavy (non-hydrogen) atoms. The van der Waals surface area contributed by atoms with Crippen molar-refractivity contribution in [2.45, 2.75) is 26.3 Å². The standard InChI is InChI=1S/C15H21N3/c1-12-5-4-6-13(2)15(12)18-10-9-17(3)14(11-18)7-8-16/h4-6,14H,7,9-11H2,1-3H3. The van der Waals surface area contributed by atoms with Gasteiger partial charge in [0.05, 0.1) is 12.5 Å². The van der Waals surface area contributed by atoms with Crippen molar-refractivity contribution < 1.29 is 0 Å². The minimum absolute atomic E-state index is 0.350. The molecule has 0 radical (unpaired) electrons. The van der Waals surface area contributed by atoms with E-state index in [1.165, 1.54) is 16.8 Å². The third kappa shape index (κ3) is 2.49. The monoisotopic (exact) mass is 243 g/mol. The van der Waals surface area contributed by atoms with E-state index in [1.54, 1.807) is 0 Å². The van der Waals surface area contributed by atoms with Crippen LogP contribution in [0.5, 0.6) is 0 Å². The molecule has 1 unspecified atom stereocenters. The Morgan fingerprint density at radius 2 is 1.94 bits per heavy atom. The van der Waals surface area contributed by atoms with Crippen molar-refractivity contribution in [3.63, 3.8) is 0 Å². The van der Waals surface area contributed by atoms with Crippen LogP contribution in [0.1, 0.15) is 17.5 Å². The zero-order valence-corrected chi connectivity index (χ0v) is 11.5. The van der Waals surface area contributed by atoms with Crippen LogP contribution in [0.15, 0.2) is 18.2 Å². The van der Waals surface area contributed by atoms with E-state index < -0.39 is 0 Å². The SMILES string of the molecule is Cc1cccc(C)c1N1CCN(C)C(CC#N)C1. The van der Waals surface area contributed by atoms with E-state index in [0.29, 0.717) is 12.5 Å². The van der Waals surface area contributed by atoms with Crippen LogP contribution in [0.25, 0.3) is 0 Å². The fraction of sp³-hybridized carbons (Fsp3) is 0.533. The first-order valence-corrected chi connectivity index (χ1v) is 6.52. The highest BCUT2D eigenvalue weighted by atomic mass is 15.3. The highest BCUT2D eigenvalue weighted by Gasteiger charge is 2.25.